The molecule has 0 radical (unpaired) electrons. The normalized spacial score (nSPS) is 24.6. The summed E-state index contributed by atoms with van der Waals surface area (Å²) in [6, 6.07) is 19.8. The van der Waals surface area contributed by atoms with E-state index in [9.17, 15) is 4.79 Å². The van der Waals surface area contributed by atoms with Gasteiger partial charge in [-0.15, -0.1) is 0 Å². The minimum atomic E-state index is -2.70. The van der Waals surface area contributed by atoms with Gasteiger partial charge in [0.1, 0.15) is 0 Å². The zero-order valence-electron chi connectivity index (χ0n) is 24.8. The fourth-order valence-corrected chi connectivity index (χ4v) is 16.7. The standard InChI is InChI=1S/C31H37N5O3SSeSi/c1-30(2,3)42(31(4,5)6)38-17-22-24(39-42)25(41-21-15-11-8-12-16-21)29(40-22)36-19-34-26-23(32-18-33-26)27(36)35-28(37)20-13-9-7-10-14-20/h7-16,18-19,22,24-25,29H,17H2,1-6H3,(H,32,33)/t22-,24-,25-,29-/m1/s1. The maximum atomic E-state index is 13.4. The number of hydrogen-bond acceptors (Lipinski definition) is 6. The Balaban J connectivity index is 1.49. The van der Waals surface area contributed by atoms with Crippen molar-refractivity contribution in [2.45, 2.75) is 73.2 Å². The van der Waals surface area contributed by atoms with Crippen LogP contribution in [0, 0.1) is 0 Å². The molecular formula is C31H37N5O3SSeSi. The van der Waals surface area contributed by atoms with E-state index in [0.29, 0.717) is 28.8 Å². The molecule has 0 aliphatic carbocycles. The molecule has 0 unspecified atom stereocenters. The first kappa shape index (κ1) is 29.5. The van der Waals surface area contributed by atoms with E-state index in [4.69, 9.17) is 8.85 Å². The molecule has 2 fully saturated rings. The molecule has 4 aromatic rings. The molecule has 2 aliphatic rings. The van der Waals surface area contributed by atoms with E-state index in [0.717, 1.165) is 0 Å². The van der Waals surface area contributed by atoms with Crippen LogP contribution in [0.1, 0.15) is 57.3 Å². The zero-order valence-corrected chi connectivity index (χ0v) is 28.3. The molecule has 0 saturated carbocycles. The maximum absolute atomic E-state index is 13.4. The molecule has 42 heavy (non-hydrogen) atoms. The van der Waals surface area contributed by atoms with Crippen molar-refractivity contribution >= 4 is 56.8 Å². The first-order chi connectivity index (χ1) is 20.0. The molecule has 1 N–H and O–H groups in total. The molecule has 6 rings (SSSR count). The van der Waals surface area contributed by atoms with Crippen LogP contribution in [0.3, 0.4) is 0 Å². The van der Waals surface area contributed by atoms with E-state index in [2.05, 4.69) is 96.4 Å². The van der Waals surface area contributed by atoms with Crippen LogP contribution in [0.15, 0.2) is 78.3 Å². The molecule has 2 aromatic carbocycles. The molecule has 1 amide bonds. The predicted octanol–water partition coefficient (Wildman–Crippen LogP) is 5.39. The summed E-state index contributed by atoms with van der Waals surface area (Å²) in [7, 11) is -2.70. The summed E-state index contributed by atoms with van der Waals surface area (Å²) in [5, 5.41) is -0.139. The van der Waals surface area contributed by atoms with Gasteiger partial charge in [0.25, 0.3) is 0 Å². The number of aromatic amines is 1. The van der Waals surface area contributed by atoms with Crippen LogP contribution in [0.5, 0.6) is 0 Å². The molecule has 2 saturated heterocycles. The molecule has 0 bridgehead atoms. The third kappa shape index (κ3) is 5.24. The van der Waals surface area contributed by atoms with E-state index < -0.39 is 8.56 Å². The summed E-state index contributed by atoms with van der Waals surface area (Å²) in [6.45, 7) is 14.2. The topological polar surface area (TPSA) is 94.4 Å². The average Bonchev–Trinajstić information content (AvgIpc) is 3.58. The molecule has 4 heterocycles. The van der Waals surface area contributed by atoms with Crippen molar-refractivity contribution in [2.24, 2.45) is 4.99 Å². The number of H-pyrrole nitrogens is 1. The molecule has 2 aromatic heterocycles. The van der Waals surface area contributed by atoms with Crippen LogP contribution >= 0.6 is 11.8 Å². The number of thioether (sulfide) groups is 1. The minimum absolute atomic E-state index is 0.00158. The van der Waals surface area contributed by atoms with Gasteiger partial charge < -0.3 is 0 Å². The first-order valence-corrected chi connectivity index (χ1v) is 18.8. The number of aromatic nitrogens is 4. The van der Waals surface area contributed by atoms with Gasteiger partial charge >= 0.3 is 259 Å². The third-order valence-electron chi connectivity index (χ3n) is 7.92. The van der Waals surface area contributed by atoms with E-state index in [1.165, 1.54) is 4.46 Å². The van der Waals surface area contributed by atoms with Crippen molar-refractivity contribution in [1.82, 2.24) is 19.5 Å². The number of fused-ring (bicyclic) bond motifs is 2. The van der Waals surface area contributed by atoms with E-state index in [1.807, 2.05) is 30.0 Å². The number of hydrogen-bond donors (Lipinski definition) is 1. The SMILES string of the molecule is CC(C)(C)[Si]1(C(C)(C)C)OC[C@H]2S[C@@H](n3cnc4nc[nH]c4c3=NC(=O)c3ccccc3)[C@H]([Se]c3ccccc3)[C@@H]2O1. The number of nitrogens with zero attached hydrogens (tertiary/aromatic N) is 4. The van der Waals surface area contributed by atoms with Gasteiger partial charge in [0.05, 0.1) is 0 Å². The van der Waals surface area contributed by atoms with Crippen LogP contribution < -0.4 is 9.95 Å². The van der Waals surface area contributed by atoms with Gasteiger partial charge in [0, 0.05) is 0 Å². The fourth-order valence-electron chi connectivity index (χ4n) is 6.22. The van der Waals surface area contributed by atoms with Crippen molar-refractivity contribution < 1.29 is 13.6 Å². The number of rotatable bonds is 4. The van der Waals surface area contributed by atoms with E-state index in [-0.39, 0.29) is 52.5 Å². The predicted molar refractivity (Wildman–Crippen MR) is 170 cm³/mol. The second kappa shape index (κ2) is 11.2. The Labute approximate surface area is 258 Å². The summed E-state index contributed by atoms with van der Waals surface area (Å²) < 4.78 is 17.7. The van der Waals surface area contributed by atoms with Gasteiger partial charge in [0.2, 0.25) is 0 Å². The molecule has 4 atom stereocenters. The number of benzene rings is 2. The van der Waals surface area contributed by atoms with Gasteiger partial charge in [0.15, 0.2) is 0 Å². The average molecular weight is 667 g/mol. The van der Waals surface area contributed by atoms with Gasteiger partial charge in [-0.3, -0.25) is 0 Å². The van der Waals surface area contributed by atoms with Gasteiger partial charge in [-0.05, 0) is 0 Å². The van der Waals surface area contributed by atoms with Crippen molar-refractivity contribution in [3.05, 3.63) is 84.4 Å². The summed E-state index contributed by atoms with van der Waals surface area (Å²) in [5.41, 5.74) is 2.25. The molecule has 11 heteroatoms. The number of carbonyl (C=O) groups excluding carboxylic acids is 1. The molecular weight excluding hydrogens is 629 g/mol. The van der Waals surface area contributed by atoms with Crippen molar-refractivity contribution in [1.29, 1.82) is 0 Å². The van der Waals surface area contributed by atoms with E-state index >= 15 is 0 Å². The van der Waals surface area contributed by atoms with Crippen molar-refractivity contribution in [2.75, 3.05) is 6.61 Å². The monoisotopic (exact) mass is 667 g/mol. The summed E-state index contributed by atoms with van der Waals surface area (Å²) in [6.07, 6.45) is 3.40. The third-order valence-corrected chi connectivity index (χ3v) is 17.8. The zero-order chi connectivity index (χ0) is 29.7. The Morgan fingerprint density at radius 1 is 1.02 bits per heavy atom. The second-order valence-electron chi connectivity index (χ2n) is 12.8. The number of carbonyl (C=O) groups is 1. The Morgan fingerprint density at radius 2 is 1.69 bits per heavy atom. The van der Waals surface area contributed by atoms with Crippen molar-refractivity contribution in [3.63, 3.8) is 0 Å². The van der Waals surface area contributed by atoms with Crippen LogP contribution in [0.25, 0.3) is 11.2 Å². The van der Waals surface area contributed by atoms with Gasteiger partial charge in [-0.2, -0.15) is 0 Å². The number of nitrogens with one attached hydrogen (secondary N) is 1. The molecule has 2 aliphatic heterocycles. The Hall–Kier alpha value is -2.53. The second-order valence-corrected chi connectivity index (χ2v) is 21.6. The number of imidazole rings is 1. The van der Waals surface area contributed by atoms with Gasteiger partial charge in [-0.25, -0.2) is 0 Å². The molecule has 220 valence electrons. The van der Waals surface area contributed by atoms with Crippen LogP contribution in [-0.2, 0) is 8.85 Å². The molecule has 8 nitrogen and oxygen atoms in total. The van der Waals surface area contributed by atoms with Crippen LogP contribution in [-0.4, -0.2) is 66.9 Å². The Bertz CT molecular complexity index is 1630. The first-order valence-electron chi connectivity index (χ1n) is 14.2. The summed E-state index contributed by atoms with van der Waals surface area (Å²) >= 11 is 1.92. The molecule has 0 spiro atoms. The fraction of sp³-hybridized carbons (Fsp3) is 0.419. The van der Waals surface area contributed by atoms with E-state index in [1.54, 1.807) is 24.8 Å². The number of amides is 1. The quantitative estimate of drug-likeness (QED) is 0.294. The Kier molecular flexibility index (Phi) is 7.87. The summed E-state index contributed by atoms with van der Waals surface area (Å²) in [5.74, 6) is -0.302. The van der Waals surface area contributed by atoms with Gasteiger partial charge in [-0.1, -0.05) is 0 Å². The summed E-state index contributed by atoms with van der Waals surface area (Å²) in [4.78, 5) is 30.5. The van der Waals surface area contributed by atoms with Crippen LogP contribution in [0.4, 0.5) is 0 Å². The Morgan fingerprint density at radius 3 is 2.36 bits per heavy atom. The van der Waals surface area contributed by atoms with Crippen LogP contribution in [0.2, 0.25) is 14.9 Å². The van der Waals surface area contributed by atoms with Crippen molar-refractivity contribution in [3.8, 4) is 0 Å².